The molecular formula is C22H22ClN3O4S2. The topological polar surface area (TPSA) is 88.8 Å². The van der Waals surface area contributed by atoms with E-state index in [0.29, 0.717) is 22.9 Å². The highest BCUT2D eigenvalue weighted by Crippen LogP contribution is 2.27. The number of nitrogens with zero attached hydrogens (tertiary/aromatic N) is 3. The number of carbonyl (C=O) groups is 2. The quantitative estimate of drug-likeness (QED) is 0.548. The molecule has 0 radical (unpaired) electrons. The number of aryl methyl sites for hydroxylation is 2. The van der Waals surface area contributed by atoms with Crippen molar-refractivity contribution in [1.29, 1.82) is 0 Å². The minimum atomic E-state index is -3.97. The average molecular weight is 492 g/mol. The number of hydrogen-bond donors (Lipinski definition) is 0. The van der Waals surface area contributed by atoms with Crippen LogP contribution in [0.2, 0.25) is 5.02 Å². The normalized spacial score (nSPS) is 14.6. The van der Waals surface area contributed by atoms with Crippen molar-refractivity contribution in [3.05, 3.63) is 57.9 Å². The Bertz CT molecular complexity index is 1380. The van der Waals surface area contributed by atoms with Crippen LogP contribution in [-0.2, 0) is 32.4 Å². The van der Waals surface area contributed by atoms with Crippen molar-refractivity contribution in [2.24, 2.45) is 4.99 Å². The number of benzene rings is 2. The van der Waals surface area contributed by atoms with Gasteiger partial charge in [0.2, 0.25) is 5.91 Å². The maximum absolute atomic E-state index is 12.8. The summed E-state index contributed by atoms with van der Waals surface area (Å²) in [7, 11) is -3.97. The molecule has 0 unspecified atom stereocenters. The van der Waals surface area contributed by atoms with Crippen LogP contribution >= 0.6 is 22.9 Å². The third-order valence-electron chi connectivity index (χ3n) is 5.28. The van der Waals surface area contributed by atoms with Crippen LogP contribution in [0.4, 0.5) is 5.69 Å². The lowest BCUT2D eigenvalue weighted by molar-refractivity contribution is -0.116. The van der Waals surface area contributed by atoms with Crippen LogP contribution < -0.4 is 9.70 Å². The van der Waals surface area contributed by atoms with Gasteiger partial charge in [-0.25, -0.2) is 8.42 Å². The molecule has 168 valence electrons. The van der Waals surface area contributed by atoms with Gasteiger partial charge in [-0.15, -0.1) is 0 Å². The number of para-hydroxylation sites is 1. The molecule has 0 saturated carbocycles. The number of halogens is 1. The van der Waals surface area contributed by atoms with E-state index < -0.39 is 33.2 Å². The van der Waals surface area contributed by atoms with Crippen molar-refractivity contribution >= 4 is 60.5 Å². The fourth-order valence-corrected chi connectivity index (χ4v) is 6.34. The van der Waals surface area contributed by atoms with Gasteiger partial charge in [-0.1, -0.05) is 41.1 Å². The second kappa shape index (κ2) is 9.17. The predicted molar refractivity (Wildman–Crippen MR) is 127 cm³/mol. The van der Waals surface area contributed by atoms with Crippen LogP contribution in [0.3, 0.4) is 0 Å². The van der Waals surface area contributed by atoms with E-state index in [9.17, 15) is 18.0 Å². The monoisotopic (exact) mass is 491 g/mol. The fraction of sp³-hybridized carbons (Fsp3) is 0.318. The van der Waals surface area contributed by atoms with Crippen LogP contribution in [0.15, 0.2) is 47.5 Å². The molecule has 0 aliphatic carbocycles. The van der Waals surface area contributed by atoms with E-state index in [0.717, 1.165) is 34.3 Å². The summed E-state index contributed by atoms with van der Waals surface area (Å²) in [5.41, 5.74) is 2.63. The summed E-state index contributed by atoms with van der Waals surface area (Å²) in [6.07, 6.45) is 1.62. The molecule has 0 spiro atoms. The number of hydrogen-bond acceptors (Lipinski definition) is 5. The van der Waals surface area contributed by atoms with E-state index in [1.807, 2.05) is 41.8 Å². The number of carbonyl (C=O) groups excluding carboxylic acids is 2. The zero-order valence-electron chi connectivity index (χ0n) is 17.5. The Morgan fingerprint density at radius 2 is 1.94 bits per heavy atom. The number of fused-ring (bicyclic) bond motifs is 2. The number of thiazole rings is 1. The Labute approximate surface area is 194 Å². The first kappa shape index (κ1) is 22.7. The third kappa shape index (κ3) is 4.79. The molecule has 0 saturated heterocycles. The first-order valence-corrected chi connectivity index (χ1v) is 13.2. The van der Waals surface area contributed by atoms with Gasteiger partial charge in [0, 0.05) is 23.8 Å². The smallest absolute Gasteiger partial charge is 0.263 e. The van der Waals surface area contributed by atoms with E-state index in [-0.39, 0.29) is 0 Å². The number of aromatic nitrogens is 1. The first-order chi connectivity index (χ1) is 15.3. The summed E-state index contributed by atoms with van der Waals surface area (Å²) in [4.78, 5) is 31.2. The van der Waals surface area contributed by atoms with E-state index in [4.69, 9.17) is 11.6 Å². The van der Waals surface area contributed by atoms with E-state index in [1.54, 1.807) is 12.1 Å². The average Bonchev–Trinajstić information content (AvgIpc) is 3.07. The van der Waals surface area contributed by atoms with Gasteiger partial charge in [-0.05, 0) is 49.6 Å². The SMILES string of the molecule is CCn1c(=NC(=O)CS(=O)(=O)CC(=O)N2CCCc3ccccc32)sc2cc(Cl)ccc21. The van der Waals surface area contributed by atoms with Crippen molar-refractivity contribution in [3.8, 4) is 0 Å². The Hall–Kier alpha value is -2.49. The molecular weight excluding hydrogens is 470 g/mol. The van der Waals surface area contributed by atoms with Crippen molar-refractivity contribution in [2.45, 2.75) is 26.3 Å². The predicted octanol–water partition coefficient (Wildman–Crippen LogP) is 3.20. The van der Waals surface area contributed by atoms with Crippen LogP contribution in [-0.4, -0.2) is 42.8 Å². The number of rotatable bonds is 5. The summed E-state index contributed by atoms with van der Waals surface area (Å²) < 4.78 is 27.9. The second-order valence-corrected chi connectivity index (χ2v) is 11.1. The number of sulfone groups is 1. The summed E-state index contributed by atoms with van der Waals surface area (Å²) in [6.45, 7) is 2.94. The lowest BCUT2D eigenvalue weighted by atomic mass is 10.0. The van der Waals surface area contributed by atoms with Gasteiger partial charge >= 0.3 is 0 Å². The maximum Gasteiger partial charge on any atom is 0.263 e. The standard InChI is InChI=1S/C22H22ClN3O4S2/c1-2-25-18-10-9-16(23)12-19(18)31-22(25)24-20(27)13-32(29,30)14-21(28)26-11-5-7-15-6-3-4-8-17(15)26/h3-4,6,8-10,12H,2,5,7,11,13-14H2,1H3. The van der Waals surface area contributed by atoms with Gasteiger partial charge in [-0.2, -0.15) is 4.99 Å². The zero-order chi connectivity index (χ0) is 22.9. The van der Waals surface area contributed by atoms with Gasteiger partial charge in [0.1, 0.15) is 11.5 Å². The summed E-state index contributed by atoms with van der Waals surface area (Å²) in [6, 6.07) is 12.8. The molecule has 1 aromatic heterocycles. The highest BCUT2D eigenvalue weighted by Gasteiger charge is 2.28. The van der Waals surface area contributed by atoms with Gasteiger partial charge in [0.15, 0.2) is 14.6 Å². The third-order valence-corrected chi connectivity index (χ3v) is 7.93. The Balaban J connectivity index is 1.52. The van der Waals surface area contributed by atoms with Gasteiger partial charge in [0.05, 0.1) is 10.2 Å². The van der Waals surface area contributed by atoms with Gasteiger partial charge in [0.25, 0.3) is 5.91 Å². The molecule has 2 amide bonds. The second-order valence-electron chi connectivity index (χ2n) is 7.56. The zero-order valence-corrected chi connectivity index (χ0v) is 19.8. The van der Waals surface area contributed by atoms with Crippen molar-refractivity contribution in [2.75, 3.05) is 23.0 Å². The molecule has 1 aliphatic heterocycles. The Morgan fingerprint density at radius 3 is 2.72 bits per heavy atom. The molecule has 32 heavy (non-hydrogen) atoms. The molecule has 4 rings (SSSR count). The molecule has 1 aliphatic rings. The molecule has 7 nitrogen and oxygen atoms in total. The summed E-state index contributed by atoms with van der Waals surface area (Å²) >= 11 is 7.31. The van der Waals surface area contributed by atoms with Crippen LogP contribution in [0.25, 0.3) is 10.2 Å². The van der Waals surface area contributed by atoms with Crippen LogP contribution in [0.5, 0.6) is 0 Å². The summed E-state index contributed by atoms with van der Waals surface area (Å²) in [5.74, 6) is -2.85. The highest BCUT2D eigenvalue weighted by molar-refractivity contribution is 7.92. The molecule has 3 aromatic rings. The molecule has 2 heterocycles. The van der Waals surface area contributed by atoms with Gasteiger partial charge < -0.3 is 9.47 Å². The molecule has 0 fully saturated rings. The lowest BCUT2D eigenvalue weighted by Crippen LogP contribution is -2.40. The highest BCUT2D eigenvalue weighted by atomic mass is 35.5. The maximum atomic E-state index is 12.8. The molecule has 0 N–H and O–H groups in total. The first-order valence-electron chi connectivity index (χ1n) is 10.2. The fourth-order valence-electron chi connectivity index (χ4n) is 3.87. The van der Waals surface area contributed by atoms with Crippen LogP contribution in [0, 0.1) is 0 Å². The number of amides is 2. The molecule has 10 heteroatoms. The minimum Gasteiger partial charge on any atom is -0.317 e. The van der Waals surface area contributed by atoms with Crippen LogP contribution in [0.1, 0.15) is 18.9 Å². The van der Waals surface area contributed by atoms with E-state index in [1.165, 1.54) is 16.2 Å². The summed E-state index contributed by atoms with van der Waals surface area (Å²) in [5, 5.41) is 0.570. The molecule has 0 bridgehead atoms. The Kier molecular flexibility index (Phi) is 6.50. The van der Waals surface area contributed by atoms with Crippen molar-refractivity contribution in [1.82, 2.24) is 4.57 Å². The van der Waals surface area contributed by atoms with Crippen molar-refractivity contribution < 1.29 is 18.0 Å². The van der Waals surface area contributed by atoms with E-state index >= 15 is 0 Å². The largest absolute Gasteiger partial charge is 0.317 e. The van der Waals surface area contributed by atoms with Crippen molar-refractivity contribution in [3.63, 3.8) is 0 Å². The molecule has 0 atom stereocenters. The Morgan fingerprint density at radius 1 is 1.16 bits per heavy atom. The molecule has 2 aromatic carbocycles. The minimum absolute atomic E-state index is 0.404. The van der Waals surface area contributed by atoms with E-state index in [2.05, 4.69) is 4.99 Å². The lowest BCUT2D eigenvalue weighted by Gasteiger charge is -2.29. The van der Waals surface area contributed by atoms with Gasteiger partial charge in [-0.3, -0.25) is 9.59 Å². The number of anilines is 1.